The van der Waals surface area contributed by atoms with Crippen LogP contribution in [0.4, 0.5) is 0 Å². The Kier molecular flexibility index (Phi) is 4.52. The molecule has 1 amide bonds. The standard InChI is InChI=1S/C18H27N2OSi/c1-12(2)22(13(3)4,14(5)6)20-11-16(18(19)21)15-9-7-8-10-17(15)20/h8-14H,1-6H3,(H2,19,21). The molecular weight excluding hydrogens is 288 g/mol. The molecule has 0 atom stereocenters. The van der Waals surface area contributed by atoms with Crippen LogP contribution >= 0.6 is 0 Å². The fourth-order valence-electron chi connectivity index (χ4n) is 4.47. The average molecular weight is 316 g/mol. The van der Waals surface area contributed by atoms with Crippen LogP contribution in [0.2, 0.25) is 16.6 Å². The Balaban J connectivity index is 2.89. The molecule has 1 aromatic carbocycles. The van der Waals surface area contributed by atoms with Crippen molar-refractivity contribution in [2.45, 2.75) is 58.2 Å². The monoisotopic (exact) mass is 315 g/mol. The zero-order valence-corrected chi connectivity index (χ0v) is 15.5. The fraction of sp³-hybridized carbons (Fsp3) is 0.500. The van der Waals surface area contributed by atoms with Gasteiger partial charge < -0.3 is 9.97 Å². The van der Waals surface area contributed by atoms with E-state index in [-0.39, 0.29) is 5.91 Å². The predicted molar refractivity (Wildman–Crippen MR) is 95.7 cm³/mol. The highest BCUT2D eigenvalue weighted by Crippen LogP contribution is 2.44. The van der Waals surface area contributed by atoms with Gasteiger partial charge in [0, 0.05) is 17.1 Å². The molecule has 2 N–H and O–H groups in total. The second-order valence-electron chi connectivity index (χ2n) is 7.07. The number of hydrogen-bond donors (Lipinski definition) is 1. The van der Waals surface area contributed by atoms with Gasteiger partial charge in [0.15, 0.2) is 8.24 Å². The van der Waals surface area contributed by atoms with Crippen LogP contribution in [0, 0.1) is 6.07 Å². The summed E-state index contributed by atoms with van der Waals surface area (Å²) in [7, 11) is -1.90. The zero-order valence-electron chi connectivity index (χ0n) is 14.5. The van der Waals surface area contributed by atoms with Gasteiger partial charge in [0.05, 0.1) is 5.56 Å². The number of benzene rings is 1. The number of aromatic nitrogens is 1. The highest BCUT2D eigenvalue weighted by atomic mass is 28.3. The van der Waals surface area contributed by atoms with E-state index in [0.29, 0.717) is 22.2 Å². The molecular formula is C18H27N2OSi. The maximum absolute atomic E-state index is 11.9. The van der Waals surface area contributed by atoms with Crippen molar-refractivity contribution in [1.29, 1.82) is 0 Å². The third kappa shape index (κ3) is 2.30. The van der Waals surface area contributed by atoms with E-state index in [9.17, 15) is 4.79 Å². The molecule has 2 aromatic rings. The molecule has 119 valence electrons. The van der Waals surface area contributed by atoms with Crippen molar-refractivity contribution < 1.29 is 4.79 Å². The third-order valence-electron chi connectivity index (χ3n) is 5.11. The summed E-state index contributed by atoms with van der Waals surface area (Å²) < 4.78 is 2.43. The van der Waals surface area contributed by atoms with Gasteiger partial charge in [-0.05, 0) is 34.8 Å². The van der Waals surface area contributed by atoms with Gasteiger partial charge in [0.1, 0.15) is 0 Å². The van der Waals surface area contributed by atoms with E-state index < -0.39 is 8.24 Å². The Bertz CT molecular complexity index is 664. The minimum Gasteiger partial charge on any atom is -0.373 e. The first-order valence-corrected chi connectivity index (χ1v) is 10.2. The van der Waals surface area contributed by atoms with Crippen molar-refractivity contribution >= 4 is 25.0 Å². The zero-order chi connectivity index (χ0) is 16.7. The minimum atomic E-state index is -1.90. The van der Waals surface area contributed by atoms with Crippen molar-refractivity contribution in [1.82, 2.24) is 4.23 Å². The Morgan fingerprint density at radius 2 is 1.68 bits per heavy atom. The lowest BCUT2D eigenvalue weighted by Gasteiger charge is -2.44. The van der Waals surface area contributed by atoms with Crippen molar-refractivity contribution in [2.24, 2.45) is 5.73 Å². The van der Waals surface area contributed by atoms with Gasteiger partial charge >= 0.3 is 0 Å². The molecule has 1 heterocycles. The Morgan fingerprint density at radius 1 is 1.14 bits per heavy atom. The van der Waals surface area contributed by atoms with Crippen LogP contribution in [0.25, 0.3) is 10.9 Å². The first-order chi connectivity index (χ1) is 10.2. The molecule has 1 aromatic heterocycles. The number of rotatable bonds is 5. The van der Waals surface area contributed by atoms with Gasteiger partial charge in [0.25, 0.3) is 5.91 Å². The summed E-state index contributed by atoms with van der Waals surface area (Å²) in [5, 5.41) is 0.925. The van der Waals surface area contributed by atoms with Gasteiger partial charge in [-0.1, -0.05) is 47.6 Å². The largest absolute Gasteiger partial charge is 0.373 e. The summed E-state index contributed by atoms with van der Waals surface area (Å²) in [6.07, 6.45) is 2.01. The molecule has 0 aliphatic carbocycles. The molecule has 0 aliphatic rings. The van der Waals surface area contributed by atoms with Crippen molar-refractivity contribution in [3.63, 3.8) is 0 Å². The molecule has 1 radical (unpaired) electrons. The first-order valence-electron chi connectivity index (χ1n) is 8.06. The SMILES string of the molecule is CC(C)[Si](C(C)C)(C(C)C)n1cc(C(N)=O)c2c[c]ccc21. The van der Waals surface area contributed by atoms with Crippen LogP contribution in [0.1, 0.15) is 51.9 Å². The smallest absolute Gasteiger partial charge is 0.250 e. The van der Waals surface area contributed by atoms with E-state index in [1.54, 1.807) is 0 Å². The van der Waals surface area contributed by atoms with Crippen LogP contribution < -0.4 is 5.73 Å². The second kappa shape index (κ2) is 5.92. The normalized spacial score (nSPS) is 12.8. The summed E-state index contributed by atoms with van der Waals surface area (Å²) >= 11 is 0. The van der Waals surface area contributed by atoms with Crippen LogP contribution in [-0.2, 0) is 0 Å². The minimum absolute atomic E-state index is 0.359. The highest BCUT2D eigenvalue weighted by Gasteiger charge is 2.46. The number of nitrogens with two attached hydrogens (primary N) is 1. The molecule has 0 bridgehead atoms. The van der Waals surface area contributed by atoms with Crippen molar-refractivity contribution in [3.05, 3.63) is 36.0 Å². The maximum atomic E-state index is 11.9. The number of amides is 1. The van der Waals surface area contributed by atoms with Crippen LogP contribution in [0.15, 0.2) is 24.4 Å². The Morgan fingerprint density at radius 3 is 2.14 bits per heavy atom. The number of carbonyl (C=O) groups excluding carboxylic acids is 1. The first kappa shape index (κ1) is 16.8. The molecule has 0 saturated carbocycles. The van der Waals surface area contributed by atoms with E-state index >= 15 is 0 Å². The van der Waals surface area contributed by atoms with Gasteiger partial charge in [0.2, 0.25) is 0 Å². The number of fused-ring (bicyclic) bond motifs is 1. The number of nitrogens with zero attached hydrogens (tertiary/aromatic N) is 1. The number of carbonyl (C=O) groups is 1. The average Bonchev–Trinajstić information content (AvgIpc) is 2.78. The summed E-state index contributed by atoms with van der Waals surface area (Å²) in [6.45, 7) is 13.9. The predicted octanol–water partition coefficient (Wildman–Crippen LogP) is 4.56. The lowest BCUT2D eigenvalue weighted by Crippen LogP contribution is -2.51. The summed E-state index contributed by atoms with van der Waals surface area (Å²) in [5.74, 6) is -0.359. The van der Waals surface area contributed by atoms with Crippen molar-refractivity contribution in [3.8, 4) is 0 Å². The summed E-state index contributed by atoms with van der Waals surface area (Å²) in [4.78, 5) is 11.9. The summed E-state index contributed by atoms with van der Waals surface area (Å²) in [5.41, 5.74) is 9.04. The van der Waals surface area contributed by atoms with Gasteiger partial charge in [-0.3, -0.25) is 4.79 Å². The number of primary amides is 1. The molecule has 4 heteroatoms. The van der Waals surface area contributed by atoms with E-state index in [2.05, 4.69) is 57.9 Å². The lowest BCUT2D eigenvalue weighted by atomic mass is 10.2. The Labute approximate surface area is 134 Å². The van der Waals surface area contributed by atoms with E-state index in [1.165, 1.54) is 0 Å². The highest BCUT2D eigenvalue weighted by molar-refractivity contribution is 6.82. The fourth-order valence-corrected chi connectivity index (χ4v) is 11.1. The molecule has 0 aliphatic heterocycles. The molecule has 0 fully saturated rings. The summed E-state index contributed by atoms with van der Waals surface area (Å²) in [6, 6.07) is 8.94. The second-order valence-corrected chi connectivity index (χ2v) is 12.8. The molecule has 0 unspecified atom stereocenters. The molecule has 3 nitrogen and oxygen atoms in total. The quantitative estimate of drug-likeness (QED) is 0.808. The van der Waals surface area contributed by atoms with Gasteiger partial charge in [-0.15, -0.1) is 0 Å². The lowest BCUT2D eigenvalue weighted by molar-refractivity contribution is 0.100. The molecule has 0 saturated heterocycles. The topological polar surface area (TPSA) is 48.0 Å². The van der Waals surface area contributed by atoms with E-state index in [4.69, 9.17) is 5.73 Å². The number of hydrogen-bond acceptors (Lipinski definition) is 1. The van der Waals surface area contributed by atoms with Crippen LogP contribution in [0.5, 0.6) is 0 Å². The molecule has 2 rings (SSSR count). The molecule has 22 heavy (non-hydrogen) atoms. The Hall–Kier alpha value is -1.55. The van der Waals surface area contributed by atoms with Gasteiger partial charge in [-0.2, -0.15) is 0 Å². The van der Waals surface area contributed by atoms with E-state index in [1.807, 2.05) is 18.3 Å². The third-order valence-corrected chi connectivity index (χ3v) is 11.9. The molecule has 0 spiro atoms. The van der Waals surface area contributed by atoms with Crippen molar-refractivity contribution in [2.75, 3.05) is 0 Å². The van der Waals surface area contributed by atoms with E-state index in [0.717, 1.165) is 10.9 Å². The maximum Gasteiger partial charge on any atom is 0.250 e. The van der Waals surface area contributed by atoms with Gasteiger partial charge in [-0.25, -0.2) is 0 Å². The van der Waals surface area contributed by atoms with Crippen LogP contribution in [-0.4, -0.2) is 18.4 Å². The van der Waals surface area contributed by atoms with Crippen LogP contribution in [0.3, 0.4) is 0 Å².